The summed E-state index contributed by atoms with van der Waals surface area (Å²) in [6.45, 7) is 12.3. The fourth-order valence-electron chi connectivity index (χ4n) is 4.45. The van der Waals surface area contributed by atoms with E-state index in [0.717, 1.165) is 42.4 Å². The maximum atomic E-state index is 5.97. The largest absolute Gasteiger partial charge is 0.493 e. The highest BCUT2D eigenvalue weighted by Crippen LogP contribution is 2.37. The number of ether oxygens (including phenoxy) is 3. The third kappa shape index (κ3) is 7.29. The second-order valence-electron chi connectivity index (χ2n) is 9.35. The second kappa shape index (κ2) is 11.1. The van der Waals surface area contributed by atoms with Gasteiger partial charge in [-0.25, -0.2) is 0 Å². The number of hydrogen-bond donors (Lipinski definition) is 1. The van der Waals surface area contributed by atoms with Crippen LogP contribution in [-0.2, 0) is 11.3 Å². The van der Waals surface area contributed by atoms with Crippen LogP contribution in [0.4, 0.5) is 0 Å². The molecule has 160 valence electrons. The van der Waals surface area contributed by atoms with Crippen LogP contribution < -0.4 is 14.8 Å². The zero-order valence-corrected chi connectivity index (χ0v) is 18.9. The van der Waals surface area contributed by atoms with E-state index in [1.54, 1.807) is 14.2 Å². The van der Waals surface area contributed by atoms with E-state index < -0.39 is 0 Å². The third-order valence-electron chi connectivity index (χ3n) is 6.09. The molecule has 0 bridgehead atoms. The van der Waals surface area contributed by atoms with E-state index in [-0.39, 0.29) is 5.60 Å². The van der Waals surface area contributed by atoms with Crippen LogP contribution in [-0.4, -0.2) is 33.0 Å². The van der Waals surface area contributed by atoms with Crippen molar-refractivity contribution in [2.75, 3.05) is 27.4 Å². The van der Waals surface area contributed by atoms with Crippen molar-refractivity contribution in [1.29, 1.82) is 0 Å². The van der Waals surface area contributed by atoms with Crippen LogP contribution in [0.15, 0.2) is 18.2 Å². The molecule has 2 atom stereocenters. The molecule has 1 fully saturated rings. The number of nitrogens with two attached hydrogens (primary N) is 1. The van der Waals surface area contributed by atoms with Crippen LogP contribution in [0, 0.1) is 17.8 Å². The van der Waals surface area contributed by atoms with Crippen molar-refractivity contribution in [3.8, 4) is 11.5 Å². The van der Waals surface area contributed by atoms with E-state index in [9.17, 15) is 0 Å². The molecule has 1 saturated heterocycles. The first-order valence-corrected chi connectivity index (χ1v) is 11.0. The molecule has 0 saturated carbocycles. The lowest BCUT2D eigenvalue weighted by atomic mass is 9.75. The quantitative estimate of drug-likeness (QED) is 0.567. The highest BCUT2D eigenvalue weighted by atomic mass is 16.5. The molecule has 0 amide bonds. The Kier molecular flexibility index (Phi) is 9.10. The smallest absolute Gasteiger partial charge is 0.161 e. The lowest BCUT2D eigenvalue weighted by Gasteiger charge is -2.39. The van der Waals surface area contributed by atoms with Crippen LogP contribution in [0.3, 0.4) is 0 Å². The first kappa shape index (κ1) is 23.0. The van der Waals surface area contributed by atoms with Crippen LogP contribution in [0.25, 0.3) is 0 Å². The first-order chi connectivity index (χ1) is 13.3. The van der Waals surface area contributed by atoms with Gasteiger partial charge in [0.15, 0.2) is 11.5 Å². The normalized spacial score (nSPS) is 20.2. The van der Waals surface area contributed by atoms with E-state index >= 15 is 0 Å². The Morgan fingerprint density at radius 2 is 1.86 bits per heavy atom. The van der Waals surface area contributed by atoms with Gasteiger partial charge in [-0.15, -0.1) is 0 Å². The van der Waals surface area contributed by atoms with Crippen LogP contribution in [0.2, 0.25) is 0 Å². The van der Waals surface area contributed by atoms with Gasteiger partial charge in [-0.3, -0.25) is 0 Å². The minimum Gasteiger partial charge on any atom is -0.493 e. The van der Waals surface area contributed by atoms with E-state index in [1.807, 2.05) is 6.07 Å². The van der Waals surface area contributed by atoms with Crippen molar-refractivity contribution in [3.63, 3.8) is 0 Å². The van der Waals surface area contributed by atoms with Gasteiger partial charge in [0.05, 0.1) is 26.4 Å². The molecule has 1 aliphatic heterocycles. The molecule has 0 spiro atoms. The summed E-state index contributed by atoms with van der Waals surface area (Å²) in [7, 11) is 3.37. The van der Waals surface area contributed by atoms with Crippen LogP contribution >= 0.6 is 0 Å². The van der Waals surface area contributed by atoms with Gasteiger partial charge in [-0.1, -0.05) is 20.3 Å². The standard InChI is InChI=1S/C24H41NO3/c1-18(2)7-9-20(21-12-14-28-24(3,4)16-21)11-13-25-17-19-8-10-22(26-5)23(15-19)27-6/h8,10,15,18,20-21,25H,7,9,11-14,16-17H2,1-6H3/p+1/t20-,21+/m0/s1. The lowest BCUT2D eigenvalue weighted by molar-refractivity contribution is -0.671. The number of rotatable bonds is 11. The number of quaternary nitrogens is 1. The second-order valence-corrected chi connectivity index (χ2v) is 9.35. The molecule has 2 N–H and O–H groups in total. The average molecular weight is 393 g/mol. The predicted molar refractivity (Wildman–Crippen MR) is 115 cm³/mol. The molecule has 1 aliphatic rings. The molecule has 0 aliphatic carbocycles. The molecule has 0 radical (unpaired) electrons. The van der Waals surface area contributed by atoms with Gasteiger partial charge < -0.3 is 19.5 Å². The van der Waals surface area contributed by atoms with Crippen LogP contribution in [0.1, 0.15) is 65.4 Å². The maximum absolute atomic E-state index is 5.97. The number of hydrogen-bond acceptors (Lipinski definition) is 3. The fourth-order valence-corrected chi connectivity index (χ4v) is 4.45. The Labute approximate surface area is 172 Å². The zero-order chi connectivity index (χ0) is 20.6. The molecule has 1 heterocycles. The molecule has 28 heavy (non-hydrogen) atoms. The van der Waals surface area contributed by atoms with Gasteiger partial charge in [0, 0.05) is 12.2 Å². The zero-order valence-electron chi connectivity index (χ0n) is 18.9. The van der Waals surface area contributed by atoms with E-state index in [2.05, 4.69) is 45.1 Å². The summed E-state index contributed by atoms with van der Waals surface area (Å²) < 4.78 is 16.7. The molecule has 0 unspecified atom stereocenters. The Hall–Kier alpha value is -1.26. The van der Waals surface area contributed by atoms with Crippen LogP contribution in [0.5, 0.6) is 11.5 Å². The summed E-state index contributed by atoms with van der Waals surface area (Å²) in [4.78, 5) is 0. The van der Waals surface area contributed by atoms with Crippen molar-refractivity contribution in [2.24, 2.45) is 17.8 Å². The Balaban J connectivity index is 1.87. The molecule has 1 aromatic carbocycles. The van der Waals surface area contributed by atoms with E-state index in [4.69, 9.17) is 14.2 Å². The molecule has 4 nitrogen and oxygen atoms in total. The van der Waals surface area contributed by atoms with Gasteiger partial charge in [-0.2, -0.15) is 0 Å². The molecule has 1 aromatic rings. The Morgan fingerprint density at radius 1 is 1.11 bits per heavy atom. The summed E-state index contributed by atoms with van der Waals surface area (Å²) in [5, 5.41) is 2.44. The highest BCUT2D eigenvalue weighted by molar-refractivity contribution is 5.42. The van der Waals surface area contributed by atoms with Crippen molar-refractivity contribution in [1.82, 2.24) is 0 Å². The maximum Gasteiger partial charge on any atom is 0.161 e. The summed E-state index contributed by atoms with van der Waals surface area (Å²) in [6.07, 6.45) is 6.40. The molecule has 0 aromatic heterocycles. The van der Waals surface area contributed by atoms with Crippen molar-refractivity contribution in [3.05, 3.63) is 23.8 Å². The third-order valence-corrected chi connectivity index (χ3v) is 6.09. The topological polar surface area (TPSA) is 44.3 Å². The lowest BCUT2D eigenvalue weighted by Crippen LogP contribution is -2.82. The van der Waals surface area contributed by atoms with Gasteiger partial charge in [0.2, 0.25) is 0 Å². The minimum absolute atomic E-state index is 0.0440. The highest BCUT2D eigenvalue weighted by Gasteiger charge is 2.33. The van der Waals surface area contributed by atoms with Gasteiger partial charge in [-0.05, 0) is 75.5 Å². The first-order valence-electron chi connectivity index (χ1n) is 11.0. The molecular weight excluding hydrogens is 350 g/mol. The predicted octanol–water partition coefficient (Wildman–Crippen LogP) is 4.41. The fraction of sp³-hybridized carbons (Fsp3) is 0.750. The Bertz CT molecular complexity index is 585. The van der Waals surface area contributed by atoms with Crippen molar-refractivity contribution in [2.45, 2.75) is 71.9 Å². The van der Waals surface area contributed by atoms with Gasteiger partial charge >= 0.3 is 0 Å². The monoisotopic (exact) mass is 392 g/mol. The SMILES string of the molecule is COc1ccc(C[NH2+]CC[C@H](CCC(C)C)[C@@H]2CCOC(C)(C)C2)cc1OC. The summed E-state index contributed by atoms with van der Waals surface area (Å²) in [5.41, 5.74) is 1.33. The van der Waals surface area contributed by atoms with Gasteiger partial charge in [0.25, 0.3) is 0 Å². The van der Waals surface area contributed by atoms with Crippen molar-refractivity contribution < 1.29 is 19.5 Å². The molecular formula is C24H42NO3+. The number of methoxy groups -OCH3 is 2. The van der Waals surface area contributed by atoms with E-state index in [1.165, 1.54) is 44.2 Å². The molecule has 2 rings (SSSR count). The van der Waals surface area contributed by atoms with Crippen molar-refractivity contribution >= 4 is 0 Å². The Morgan fingerprint density at radius 3 is 2.50 bits per heavy atom. The van der Waals surface area contributed by atoms with Gasteiger partial charge in [0.1, 0.15) is 6.54 Å². The summed E-state index contributed by atoms with van der Waals surface area (Å²) in [5.74, 6) is 4.00. The number of benzene rings is 1. The minimum atomic E-state index is 0.0440. The summed E-state index contributed by atoms with van der Waals surface area (Å²) in [6, 6.07) is 6.22. The molecule has 4 heteroatoms. The van der Waals surface area contributed by atoms with E-state index in [0.29, 0.717) is 0 Å². The summed E-state index contributed by atoms with van der Waals surface area (Å²) >= 11 is 0. The average Bonchev–Trinajstić information content (AvgIpc) is 2.66.